The first-order valence-electron chi connectivity index (χ1n) is 5.46. The van der Waals surface area contributed by atoms with Crippen molar-refractivity contribution in [3.8, 4) is 0 Å². The van der Waals surface area contributed by atoms with Crippen LogP contribution < -0.4 is 27.3 Å². The van der Waals surface area contributed by atoms with Crippen LogP contribution in [0.3, 0.4) is 0 Å². The zero-order chi connectivity index (χ0) is 13.3. The van der Waals surface area contributed by atoms with Gasteiger partial charge in [-0.25, -0.2) is 4.57 Å². The van der Waals surface area contributed by atoms with E-state index in [-0.39, 0.29) is 29.3 Å². The Hall–Kier alpha value is -1.21. The van der Waals surface area contributed by atoms with Crippen LogP contribution in [-0.2, 0) is 13.6 Å². The second-order valence-electron chi connectivity index (χ2n) is 4.05. The molecule has 0 aliphatic carbocycles. The third-order valence-electron chi connectivity index (χ3n) is 2.82. The number of rotatable bonds is 3. The minimum atomic E-state index is -0.0164. The fourth-order valence-electron chi connectivity index (χ4n) is 1.61. The molecule has 2 aromatic rings. The Kier molecular flexibility index (Phi) is 5.25. The number of halogens is 2. The zero-order valence-corrected chi connectivity index (χ0v) is 13.8. The highest BCUT2D eigenvalue weighted by atomic mass is 79.9. The molecule has 0 fully saturated rings. The fraction of sp³-hybridized carbons (Fsp3) is 0.250. The molecular weight excluding hydrogens is 376 g/mol. The van der Waals surface area contributed by atoms with Crippen molar-refractivity contribution in [2.75, 3.05) is 5.73 Å². The van der Waals surface area contributed by atoms with Gasteiger partial charge in [0.15, 0.2) is 12.3 Å². The van der Waals surface area contributed by atoms with Gasteiger partial charge in [0.25, 0.3) is 0 Å². The number of benzene rings is 1. The lowest BCUT2D eigenvalue weighted by molar-refractivity contribution is -0.663. The van der Waals surface area contributed by atoms with Crippen LogP contribution in [0.15, 0.2) is 28.7 Å². The largest absolute Gasteiger partial charge is 1.00 e. The van der Waals surface area contributed by atoms with Crippen molar-refractivity contribution in [1.29, 1.82) is 0 Å². The third-order valence-corrected chi connectivity index (χ3v) is 3.35. The van der Waals surface area contributed by atoms with E-state index in [2.05, 4.69) is 21.0 Å². The monoisotopic (exact) mass is 388 g/mol. The average molecular weight is 390 g/mol. The summed E-state index contributed by atoms with van der Waals surface area (Å²) in [5.74, 6) is 1.23. The van der Waals surface area contributed by atoms with Crippen molar-refractivity contribution < 1.29 is 26.3 Å². The molecule has 1 heterocycles. The maximum absolute atomic E-state index is 12.1. The smallest absolute Gasteiger partial charge is 0.342 e. The van der Waals surface area contributed by atoms with Gasteiger partial charge in [0.2, 0.25) is 5.82 Å². The van der Waals surface area contributed by atoms with E-state index < -0.39 is 0 Å². The summed E-state index contributed by atoms with van der Waals surface area (Å²) in [5, 5.41) is 4.22. The summed E-state index contributed by atoms with van der Waals surface area (Å²) >= 11 is 3.33. The van der Waals surface area contributed by atoms with E-state index in [1.807, 2.05) is 26.1 Å². The van der Waals surface area contributed by atoms with Gasteiger partial charge < -0.3 is 22.7 Å². The number of nitrogens with two attached hydrogens (primary N) is 1. The topological polar surface area (TPSA) is 64.8 Å². The molecule has 19 heavy (non-hydrogen) atoms. The molecular formula is C12H14Br2N4O. The molecule has 0 amide bonds. The molecule has 0 atom stereocenters. The van der Waals surface area contributed by atoms with Crippen LogP contribution in [0.25, 0.3) is 0 Å². The first kappa shape index (κ1) is 15.8. The highest BCUT2D eigenvalue weighted by molar-refractivity contribution is 9.10. The van der Waals surface area contributed by atoms with Crippen molar-refractivity contribution in [3.05, 3.63) is 40.1 Å². The summed E-state index contributed by atoms with van der Waals surface area (Å²) in [7, 11) is 1.82. The van der Waals surface area contributed by atoms with Crippen LogP contribution in [-0.4, -0.2) is 15.6 Å². The number of carbonyl (C=O) groups excluding carboxylic acids is 1. The minimum absolute atomic E-state index is 0. The number of aryl methyl sites for hydroxylation is 1. The molecule has 0 aliphatic heterocycles. The lowest BCUT2D eigenvalue weighted by Crippen LogP contribution is -3.00. The maximum atomic E-state index is 12.1. The van der Waals surface area contributed by atoms with Gasteiger partial charge >= 0.3 is 5.95 Å². The molecule has 1 aromatic heterocycles. The van der Waals surface area contributed by atoms with Gasteiger partial charge in [0, 0.05) is 17.0 Å². The van der Waals surface area contributed by atoms with E-state index >= 15 is 0 Å². The molecule has 0 spiro atoms. The normalized spacial score (nSPS) is 10.1. The highest BCUT2D eigenvalue weighted by Gasteiger charge is 2.19. The van der Waals surface area contributed by atoms with Gasteiger partial charge in [-0.2, -0.15) is 0 Å². The molecule has 7 heteroatoms. The van der Waals surface area contributed by atoms with Gasteiger partial charge in [0.1, 0.15) is 0 Å². The molecule has 2 rings (SSSR count). The number of anilines is 1. The molecule has 2 N–H and O–H groups in total. The Morgan fingerprint density at radius 3 is 2.47 bits per heavy atom. The van der Waals surface area contributed by atoms with Gasteiger partial charge in [0.05, 0.1) is 7.05 Å². The quantitative estimate of drug-likeness (QED) is 0.500. The molecule has 0 aliphatic rings. The van der Waals surface area contributed by atoms with Crippen LogP contribution in [0.4, 0.5) is 5.95 Å². The van der Waals surface area contributed by atoms with Crippen molar-refractivity contribution in [2.24, 2.45) is 7.05 Å². The molecule has 0 saturated heterocycles. The first-order chi connectivity index (χ1) is 8.49. The predicted molar refractivity (Wildman–Crippen MR) is 71.0 cm³/mol. The van der Waals surface area contributed by atoms with Crippen molar-refractivity contribution >= 4 is 27.7 Å². The summed E-state index contributed by atoms with van der Waals surface area (Å²) in [6.07, 6.45) is 0. The third kappa shape index (κ3) is 3.42. The lowest BCUT2D eigenvalue weighted by atomic mass is 10.1. The van der Waals surface area contributed by atoms with Crippen LogP contribution in [0.1, 0.15) is 16.2 Å². The lowest BCUT2D eigenvalue weighted by Gasteiger charge is -1.99. The second kappa shape index (κ2) is 6.29. The average Bonchev–Trinajstić information content (AvgIpc) is 2.58. The van der Waals surface area contributed by atoms with Crippen molar-refractivity contribution in [1.82, 2.24) is 9.78 Å². The van der Waals surface area contributed by atoms with Crippen LogP contribution in [0.2, 0.25) is 0 Å². The predicted octanol–water partition coefficient (Wildman–Crippen LogP) is -1.75. The molecule has 0 radical (unpaired) electrons. The summed E-state index contributed by atoms with van der Waals surface area (Å²) in [6, 6.07) is 7.23. The number of nitrogens with zero attached hydrogens (tertiary/aromatic N) is 3. The maximum Gasteiger partial charge on any atom is 0.342 e. The summed E-state index contributed by atoms with van der Waals surface area (Å²) in [6.45, 7) is 1.99. The van der Waals surface area contributed by atoms with E-state index in [0.29, 0.717) is 11.5 Å². The molecule has 0 unspecified atom stereocenters. The second-order valence-corrected chi connectivity index (χ2v) is 4.97. The van der Waals surface area contributed by atoms with Crippen molar-refractivity contribution in [3.63, 3.8) is 0 Å². The number of ketones is 1. The molecule has 1 aromatic carbocycles. The van der Waals surface area contributed by atoms with E-state index in [9.17, 15) is 4.79 Å². The van der Waals surface area contributed by atoms with Crippen LogP contribution >= 0.6 is 15.9 Å². The number of hydrogen-bond acceptors (Lipinski definition) is 3. The Bertz CT molecular complexity index is 593. The van der Waals surface area contributed by atoms with Gasteiger partial charge in [-0.05, 0) is 17.2 Å². The van der Waals surface area contributed by atoms with Gasteiger partial charge in [-0.1, -0.05) is 28.1 Å². The number of aromatic nitrogens is 3. The molecule has 5 nitrogen and oxygen atoms in total. The van der Waals surface area contributed by atoms with Crippen LogP contribution in [0, 0.1) is 6.92 Å². The summed E-state index contributed by atoms with van der Waals surface area (Å²) in [5.41, 5.74) is 6.50. The van der Waals surface area contributed by atoms with E-state index in [0.717, 1.165) is 10.3 Å². The Balaban J connectivity index is 0.00000180. The minimum Gasteiger partial charge on any atom is -1.00 e. The summed E-state index contributed by atoms with van der Waals surface area (Å²) < 4.78 is 4.20. The number of carbonyl (C=O) groups is 1. The first-order valence-corrected chi connectivity index (χ1v) is 6.26. The van der Waals surface area contributed by atoms with Crippen LogP contribution in [0.5, 0.6) is 0 Å². The van der Waals surface area contributed by atoms with Gasteiger partial charge in [-0.15, -0.1) is 4.68 Å². The Morgan fingerprint density at radius 1 is 1.42 bits per heavy atom. The molecule has 0 bridgehead atoms. The van der Waals surface area contributed by atoms with Gasteiger partial charge in [-0.3, -0.25) is 4.79 Å². The number of Topliss-reactive ketones (excluding diaryl/α,β-unsaturated/α-hetero) is 1. The zero-order valence-electron chi connectivity index (χ0n) is 10.6. The Labute approximate surface area is 130 Å². The number of nitrogen functional groups attached to an aromatic ring is 1. The summed E-state index contributed by atoms with van der Waals surface area (Å²) in [4.78, 5) is 12.1. The molecule has 0 saturated carbocycles. The Morgan fingerprint density at radius 2 is 2.00 bits per heavy atom. The van der Waals surface area contributed by atoms with E-state index in [1.54, 1.807) is 16.7 Å². The van der Waals surface area contributed by atoms with E-state index in [4.69, 9.17) is 5.73 Å². The SMILES string of the molecule is Cc1nn(CC(=O)c2ccc(Br)cc2)c(N)[n+]1C.[Br-]. The highest BCUT2D eigenvalue weighted by Crippen LogP contribution is 2.11. The van der Waals surface area contributed by atoms with E-state index in [1.165, 1.54) is 4.68 Å². The molecule has 102 valence electrons. The fourth-order valence-corrected chi connectivity index (χ4v) is 1.88. The van der Waals surface area contributed by atoms with Crippen molar-refractivity contribution in [2.45, 2.75) is 13.5 Å². The number of hydrogen-bond donors (Lipinski definition) is 1. The standard InChI is InChI=1S/C12H13BrN4O.BrH/c1-8-15-17(12(14)16(8)2)7-11(18)9-3-5-10(13)6-4-9;/h3-6,14H,7H2,1-2H3;1H.